The molecule has 2 N–H and O–H groups in total. The van der Waals surface area contributed by atoms with Gasteiger partial charge in [-0.2, -0.15) is 0 Å². The van der Waals surface area contributed by atoms with Crippen molar-refractivity contribution >= 4 is 5.91 Å². The minimum absolute atomic E-state index is 0.238. The molecule has 0 aromatic heterocycles. The number of hydrogen-bond donors (Lipinski definition) is 1. The summed E-state index contributed by atoms with van der Waals surface area (Å²) >= 11 is 0. The third-order valence-electron chi connectivity index (χ3n) is 2.07. The van der Waals surface area contributed by atoms with Crippen LogP contribution in [-0.2, 0) is 4.79 Å². The van der Waals surface area contributed by atoms with Crippen LogP contribution in [0.4, 0.5) is 0 Å². The fourth-order valence-electron chi connectivity index (χ4n) is 1.15. The normalized spacial score (nSPS) is 12.0. The molecule has 0 rings (SSSR count). The summed E-state index contributed by atoms with van der Waals surface area (Å²) in [6.07, 6.45) is 1.47. The summed E-state index contributed by atoms with van der Waals surface area (Å²) in [5, 5.41) is 0. The van der Waals surface area contributed by atoms with Crippen LogP contribution >= 0.6 is 0 Å². The van der Waals surface area contributed by atoms with Crippen molar-refractivity contribution in [3.05, 3.63) is 0 Å². The molecule has 0 aliphatic carbocycles. The first-order chi connectivity index (χ1) is 6.56. The Labute approximate surface area is 86.6 Å². The Morgan fingerprint density at radius 1 is 1.50 bits per heavy atom. The zero-order chi connectivity index (χ0) is 11.0. The molecule has 0 aromatic carbocycles. The van der Waals surface area contributed by atoms with Gasteiger partial charge in [0.05, 0.1) is 0 Å². The van der Waals surface area contributed by atoms with Crippen LogP contribution in [0.5, 0.6) is 0 Å². The maximum atomic E-state index is 10.5. The van der Waals surface area contributed by atoms with Gasteiger partial charge in [-0.1, -0.05) is 6.92 Å². The van der Waals surface area contributed by atoms with Gasteiger partial charge in [-0.15, -0.1) is 11.8 Å². The third kappa shape index (κ3) is 7.63. The third-order valence-corrected chi connectivity index (χ3v) is 2.07. The second kappa shape index (κ2) is 7.40. The predicted molar refractivity (Wildman–Crippen MR) is 58.5 cm³/mol. The standard InChI is InChI=1S/C11H20N2O/c1-4-5-10(2)6-8-13(3)9-7-11(12)14/h10H,6-9H2,1-3H3,(H2,12,14). The summed E-state index contributed by atoms with van der Waals surface area (Å²) in [5.74, 6) is 6.19. The van der Waals surface area contributed by atoms with E-state index in [0.29, 0.717) is 12.3 Å². The Balaban J connectivity index is 3.56. The molecule has 80 valence electrons. The van der Waals surface area contributed by atoms with Crippen molar-refractivity contribution < 1.29 is 4.79 Å². The Kier molecular flexibility index (Phi) is 6.87. The fraction of sp³-hybridized carbons (Fsp3) is 0.727. The van der Waals surface area contributed by atoms with Gasteiger partial charge in [0.25, 0.3) is 0 Å². The first-order valence-corrected chi connectivity index (χ1v) is 4.95. The summed E-state index contributed by atoms with van der Waals surface area (Å²) in [6, 6.07) is 0. The van der Waals surface area contributed by atoms with Gasteiger partial charge in [0.15, 0.2) is 0 Å². The highest BCUT2D eigenvalue weighted by Crippen LogP contribution is 2.01. The predicted octanol–water partition coefficient (Wildman–Crippen LogP) is 0.843. The van der Waals surface area contributed by atoms with E-state index in [2.05, 4.69) is 23.7 Å². The van der Waals surface area contributed by atoms with E-state index >= 15 is 0 Å². The number of rotatable bonds is 6. The zero-order valence-electron chi connectivity index (χ0n) is 9.34. The monoisotopic (exact) mass is 196 g/mol. The average Bonchev–Trinajstić information content (AvgIpc) is 2.12. The van der Waals surface area contributed by atoms with E-state index in [0.717, 1.165) is 19.5 Å². The molecule has 0 heterocycles. The van der Waals surface area contributed by atoms with E-state index in [9.17, 15) is 4.79 Å². The molecule has 0 bridgehead atoms. The Hall–Kier alpha value is -1.01. The van der Waals surface area contributed by atoms with Crippen LogP contribution in [0.25, 0.3) is 0 Å². The van der Waals surface area contributed by atoms with E-state index in [1.807, 2.05) is 14.0 Å². The van der Waals surface area contributed by atoms with Crippen LogP contribution in [-0.4, -0.2) is 30.9 Å². The minimum Gasteiger partial charge on any atom is -0.370 e. The highest BCUT2D eigenvalue weighted by atomic mass is 16.1. The van der Waals surface area contributed by atoms with Crippen LogP contribution in [0.2, 0.25) is 0 Å². The number of nitrogens with two attached hydrogens (primary N) is 1. The van der Waals surface area contributed by atoms with Gasteiger partial charge in [0, 0.05) is 18.9 Å². The number of nitrogens with zero attached hydrogens (tertiary/aromatic N) is 1. The smallest absolute Gasteiger partial charge is 0.218 e. The van der Waals surface area contributed by atoms with Crippen LogP contribution in [0.1, 0.15) is 26.7 Å². The summed E-state index contributed by atoms with van der Waals surface area (Å²) < 4.78 is 0. The van der Waals surface area contributed by atoms with Crippen molar-refractivity contribution in [1.29, 1.82) is 0 Å². The molecule has 1 atom stereocenters. The maximum Gasteiger partial charge on any atom is 0.218 e. The number of carbonyl (C=O) groups is 1. The SMILES string of the molecule is CC#CC(C)CCN(C)CCC(N)=O. The average molecular weight is 196 g/mol. The van der Waals surface area contributed by atoms with Gasteiger partial charge >= 0.3 is 0 Å². The summed E-state index contributed by atoms with van der Waals surface area (Å²) in [4.78, 5) is 12.6. The van der Waals surface area contributed by atoms with Crippen molar-refractivity contribution in [2.75, 3.05) is 20.1 Å². The fourth-order valence-corrected chi connectivity index (χ4v) is 1.15. The molecule has 14 heavy (non-hydrogen) atoms. The van der Waals surface area contributed by atoms with Crippen LogP contribution in [0, 0.1) is 17.8 Å². The lowest BCUT2D eigenvalue weighted by molar-refractivity contribution is -0.118. The summed E-state index contributed by atoms with van der Waals surface area (Å²) in [6.45, 7) is 5.66. The molecule has 0 saturated carbocycles. The molecular formula is C11H20N2O. The second-order valence-corrected chi connectivity index (χ2v) is 3.60. The highest BCUT2D eigenvalue weighted by Gasteiger charge is 2.03. The van der Waals surface area contributed by atoms with E-state index in [-0.39, 0.29) is 5.91 Å². The molecule has 0 spiro atoms. The van der Waals surface area contributed by atoms with Crippen molar-refractivity contribution in [3.8, 4) is 11.8 Å². The molecular weight excluding hydrogens is 176 g/mol. The van der Waals surface area contributed by atoms with Crippen molar-refractivity contribution in [2.24, 2.45) is 11.7 Å². The first kappa shape index (κ1) is 13.0. The molecule has 0 radical (unpaired) electrons. The Morgan fingerprint density at radius 3 is 2.64 bits per heavy atom. The molecule has 1 unspecified atom stereocenters. The zero-order valence-corrected chi connectivity index (χ0v) is 9.34. The second-order valence-electron chi connectivity index (χ2n) is 3.60. The molecule has 3 heteroatoms. The minimum atomic E-state index is -0.238. The van der Waals surface area contributed by atoms with Crippen LogP contribution < -0.4 is 5.73 Å². The van der Waals surface area contributed by atoms with Gasteiger partial charge in [-0.25, -0.2) is 0 Å². The molecule has 1 amide bonds. The lowest BCUT2D eigenvalue weighted by atomic mass is 10.1. The van der Waals surface area contributed by atoms with Crippen molar-refractivity contribution in [2.45, 2.75) is 26.7 Å². The quantitative estimate of drug-likeness (QED) is 0.640. The van der Waals surface area contributed by atoms with Gasteiger partial charge in [0.2, 0.25) is 5.91 Å². The van der Waals surface area contributed by atoms with Crippen molar-refractivity contribution in [3.63, 3.8) is 0 Å². The largest absolute Gasteiger partial charge is 0.370 e. The topological polar surface area (TPSA) is 46.3 Å². The number of primary amides is 1. The van der Waals surface area contributed by atoms with E-state index < -0.39 is 0 Å². The van der Waals surface area contributed by atoms with Gasteiger partial charge < -0.3 is 10.6 Å². The summed E-state index contributed by atoms with van der Waals surface area (Å²) in [5.41, 5.74) is 5.06. The lowest BCUT2D eigenvalue weighted by Gasteiger charge is -2.16. The van der Waals surface area contributed by atoms with Gasteiger partial charge in [-0.05, 0) is 26.9 Å². The molecule has 0 aliphatic heterocycles. The van der Waals surface area contributed by atoms with Crippen LogP contribution in [0.15, 0.2) is 0 Å². The van der Waals surface area contributed by atoms with Gasteiger partial charge in [-0.3, -0.25) is 4.79 Å². The Bertz CT molecular complexity index is 227. The molecule has 3 nitrogen and oxygen atoms in total. The molecule has 0 aromatic rings. The van der Waals surface area contributed by atoms with E-state index in [1.165, 1.54) is 0 Å². The number of hydrogen-bond acceptors (Lipinski definition) is 2. The lowest BCUT2D eigenvalue weighted by Crippen LogP contribution is -2.26. The molecule has 0 saturated heterocycles. The Morgan fingerprint density at radius 2 is 2.14 bits per heavy atom. The first-order valence-electron chi connectivity index (χ1n) is 4.95. The number of carbonyl (C=O) groups excluding carboxylic acids is 1. The molecule has 0 aliphatic rings. The van der Waals surface area contributed by atoms with Crippen LogP contribution in [0.3, 0.4) is 0 Å². The highest BCUT2D eigenvalue weighted by molar-refractivity contribution is 5.73. The number of amides is 1. The maximum absolute atomic E-state index is 10.5. The van der Waals surface area contributed by atoms with E-state index in [4.69, 9.17) is 5.73 Å². The summed E-state index contributed by atoms with van der Waals surface area (Å²) in [7, 11) is 2.00. The van der Waals surface area contributed by atoms with E-state index in [1.54, 1.807) is 0 Å². The molecule has 0 fully saturated rings. The van der Waals surface area contributed by atoms with Crippen molar-refractivity contribution in [1.82, 2.24) is 4.90 Å². The van der Waals surface area contributed by atoms with Gasteiger partial charge in [0.1, 0.15) is 0 Å².